The van der Waals surface area contributed by atoms with Gasteiger partial charge in [0.25, 0.3) is 5.91 Å². The van der Waals surface area contributed by atoms with E-state index in [4.69, 9.17) is 9.15 Å². The first kappa shape index (κ1) is 22.8. The van der Waals surface area contributed by atoms with Gasteiger partial charge in [0.15, 0.2) is 0 Å². The van der Waals surface area contributed by atoms with Crippen molar-refractivity contribution in [3.05, 3.63) is 53.0 Å². The molecule has 0 spiro atoms. The van der Waals surface area contributed by atoms with E-state index in [1.165, 1.54) is 10.5 Å². The van der Waals surface area contributed by atoms with Crippen molar-refractivity contribution in [3.8, 4) is 0 Å². The molecule has 1 aliphatic heterocycles. The molecule has 2 amide bonds. The first-order valence-electron chi connectivity index (χ1n) is 11.4. The van der Waals surface area contributed by atoms with Crippen molar-refractivity contribution < 1.29 is 18.7 Å². The third-order valence-corrected chi connectivity index (χ3v) is 8.03. The first-order valence-corrected chi connectivity index (χ1v) is 12.4. The van der Waals surface area contributed by atoms with Crippen LogP contribution in [0.25, 0.3) is 0 Å². The number of fused-ring (bicyclic) bond motifs is 1. The summed E-state index contributed by atoms with van der Waals surface area (Å²) in [5.74, 6) is 2.68. The first-order chi connectivity index (χ1) is 15.4. The molecule has 1 aromatic carbocycles. The van der Waals surface area contributed by atoms with Crippen molar-refractivity contribution in [1.82, 2.24) is 10.6 Å². The Bertz CT molecular complexity index is 978. The Kier molecular flexibility index (Phi) is 6.84. The molecule has 172 valence electrons. The molecule has 2 aromatic rings. The number of benzene rings is 1. The molecule has 0 bridgehead atoms. The molecule has 1 atom stereocenters. The summed E-state index contributed by atoms with van der Waals surface area (Å²) in [6, 6.07) is 10.4. The highest BCUT2D eigenvalue weighted by atomic mass is 32.2. The van der Waals surface area contributed by atoms with Gasteiger partial charge in [-0.15, -0.1) is 11.8 Å². The van der Waals surface area contributed by atoms with E-state index in [0.717, 1.165) is 37.2 Å². The fraction of sp³-hybridized carbons (Fsp3) is 0.520. The van der Waals surface area contributed by atoms with E-state index in [0.29, 0.717) is 30.3 Å². The molecule has 1 unspecified atom stereocenters. The standard InChI is InChI=1S/C25H32N2O4S/c1-4-26-24(29)31-18-9-11-25(12-10-18,21-14-32-22-8-6-5-7-19(21)22)15-27-23(28)20-13-16(2)30-17(20)3/h5-8,13,18,21H,4,9-12,14-15H2,1-3H3,(H,26,29)(H,27,28)/t18-,21?,25+. The Morgan fingerprint density at radius 3 is 2.62 bits per heavy atom. The van der Waals surface area contributed by atoms with Crippen LogP contribution in [0.2, 0.25) is 0 Å². The number of carbonyl (C=O) groups excluding carboxylic acids is 2. The largest absolute Gasteiger partial charge is 0.466 e. The second kappa shape index (κ2) is 9.61. The summed E-state index contributed by atoms with van der Waals surface area (Å²) in [7, 11) is 0. The second-order valence-corrected chi connectivity index (χ2v) is 9.97. The summed E-state index contributed by atoms with van der Waals surface area (Å²) >= 11 is 1.90. The fourth-order valence-corrected chi connectivity index (χ4v) is 6.58. The van der Waals surface area contributed by atoms with Gasteiger partial charge >= 0.3 is 6.09 Å². The van der Waals surface area contributed by atoms with Crippen LogP contribution in [0.5, 0.6) is 0 Å². The predicted molar refractivity (Wildman–Crippen MR) is 125 cm³/mol. The molecular weight excluding hydrogens is 424 g/mol. The number of amides is 2. The molecule has 32 heavy (non-hydrogen) atoms. The number of hydrogen-bond donors (Lipinski definition) is 2. The van der Waals surface area contributed by atoms with Crippen LogP contribution < -0.4 is 10.6 Å². The van der Waals surface area contributed by atoms with Crippen LogP contribution >= 0.6 is 11.8 Å². The van der Waals surface area contributed by atoms with Crippen LogP contribution in [0.4, 0.5) is 4.79 Å². The molecule has 2 aliphatic rings. The van der Waals surface area contributed by atoms with Crippen LogP contribution in [0.3, 0.4) is 0 Å². The summed E-state index contributed by atoms with van der Waals surface area (Å²) in [5.41, 5.74) is 1.92. The lowest BCUT2D eigenvalue weighted by atomic mass is 9.63. The number of alkyl carbamates (subject to hydrolysis) is 1. The second-order valence-electron chi connectivity index (χ2n) is 8.91. The van der Waals surface area contributed by atoms with Crippen molar-refractivity contribution >= 4 is 23.8 Å². The number of thioether (sulfide) groups is 1. The van der Waals surface area contributed by atoms with Crippen molar-refractivity contribution in [2.75, 3.05) is 18.8 Å². The number of nitrogens with one attached hydrogen (secondary N) is 2. The highest BCUT2D eigenvalue weighted by molar-refractivity contribution is 7.99. The van der Waals surface area contributed by atoms with Crippen LogP contribution in [-0.2, 0) is 4.74 Å². The van der Waals surface area contributed by atoms with Gasteiger partial charge in [-0.25, -0.2) is 4.79 Å². The third kappa shape index (κ3) is 4.68. The predicted octanol–water partition coefficient (Wildman–Crippen LogP) is 5.19. The quantitative estimate of drug-likeness (QED) is 0.625. The summed E-state index contributed by atoms with van der Waals surface area (Å²) < 4.78 is 11.2. The molecule has 7 heteroatoms. The molecule has 1 aromatic heterocycles. The van der Waals surface area contributed by atoms with E-state index in [1.54, 1.807) is 6.07 Å². The molecule has 2 heterocycles. The monoisotopic (exact) mass is 456 g/mol. The van der Waals surface area contributed by atoms with Crippen LogP contribution in [0.15, 0.2) is 39.6 Å². The van der Waals surface area contributed by atoms with Crippen molar-refractivity contribution in [2.24, 2.45) is 5.41 Å². The molecule has 1 aliphatic carbocycles. The van der Waals surface area contributed by atoms with E-state index >= 15 is 0 Å². The Balaban J connectivity index is 1.51. The molecule has 1 fully saturated rings. The molecule has 4 rings (SSSR count). The van der Waals surface area contributed by atoms with Gasteiger partial charge < -0.3 is 19.8 Å². The zero-order valence-corrected chi connectivity index (χ0v) is 19.8. The fourth-order valence-electron chi connectivity index (χ4n) is 5.15. The minimum Gasteiger partial charge on any atom is -0.466 e. The number of rotatable bonds is 6. The molecular formula is C25H32N2O4S. The van der Waals surface area contributed by atoms with Gasteiger partial charge in [-0.2, -0.15) is 0 Å². The van der Waals surface area contributed by atoms with E-state index < -0.39 is 0 Å². The molecule has 1 saturated carbocycles. The number of carbonyl (C=O) groups is 2. The minimum atomic E-state index is -0.342. The summed E-state index contributed by atoms with van der Waals surface area (Å²) in [6.07, 6.45) is 3.00. The highest BCUT2D eigenvalue weighted by Crippen LogP contribution is 2.54. The Labute approximate surface area is 193 Å². The third-order valence-electron chi connectivity index (χ3n) is 6.85. The maximum atomic E-state index is 13.0. The summed E-state index contributed by atoms with van der Waals surface area (Å²) in [4.78, 5) is 26.2. The zero-order valence-electron chi connectivity index (χ0n) is 19.0. The van der Waals surface area contributed by atoms with Gasteiger partial charge in [0.05, 0.1) is 5.56 Å². The topological polar surface area (TPSA) is 80.6 Å². The van der Waals surface area contributed by atoms with E-state index in [2.05, 4.69) is 34.9 Å². The smallest absolute Gasteiger partial charge is 0.407 e. The van der Waals surface area contributed by atoms with E-state index in [-0.39, 0.29) is 23.5 Å². The average Bonchev–Trinajstić information content (AvgIpc) is 3.36. The maximum absolute atomic E-state index is 13.0. The zero-order chi connectivity index (χ0) is 22.7. The molecule has 2 N–H and O–H groups in total. The van der Waals surface area contributed by atoms with E-state index in [1.807, 2.05) is 32.5 Å². The van der Waals surface area contributed by atoms with Crippen molar-refractivity contribution in [1.29, 1.82) is 0 Å². The number of ether oxygens (including phenoxy) is 1. The summed E-state index contributed by atoms with van der Waals surface area (Å²) in [6.45, 7) is 6.72. The summed E-state index contributed by atoms with van der Waals surface area (Å²) in [5, 5.41) is 5.94. The lowest BCUT2D eigenvalue weighted by Gasteiger charge is -2.44. The highest BCUT2D eigenvalue weighted by Gasteiger charge is 2.46. The number of hydrogen-bond acceptors (Lipinski definition) is 5. The average molecular weight is 457 g/mol. The normalized spacial score (nSPS) is 24.6. The van der Waals surface area contributed by atoms with Gasteiger partial charge in [-0.05, 0) is 69.6 Å². The van der Waals surface area contributed by atoms with Gasteiger partial charge in [0.1, 0.15) is 17.6 Å². The van der Waals surface area contributed by atoms with Crippen LogP contribution in [0.1, 0.15) is 66.0 Å². The van der Waals surface area contributed by atoms with Crippen LogP contribution in [-0.4, -0.2) is 36.9 Å². The van der Waals surface area contributed by atoms with Gasteiger partial charge in [-0.1, -0.05) is 18.2 Å². The van der Waals surface area contributed by atoms with Crippen molar-refractivity contribution in [2.45, 2.75) is 63.4 Å². The lowest BCUT2D eigenvalue weighted by Crippen LogP contribution is -2.46. The van der Waals surface area contributed by atoms with Gasteiger partial charge in [0, 0.05) is 29.7 Å². The van der Waals surface area contributed by atoms with Crippen LogP contribution in [0, 0.1) is 19.3 Å². The molecule has 0 saturated heterocycles. The van der Waals surface area contributed by atoms with Crippen molar-refractivity contribution in [3.63, 3.8) is 0 Å². The Morgan fingerprint density at radius 1 is 1.19 bits per heavy atom. The maximum Gasteiger partial charge on any atom is 0.407 e. The minimum absolute atomic E-state index is 0.0664. The van der Waals surface area contributed by atoms with Gasteiger partial charge in [-0.3, -0.25) is 4.79 Å². The Morgan fingerprint density at radius 2 is 1.94 bits per heavy atom. The SMILES string of the molecule is CCNC(=O)O[C@H]1CC[C@@](CNC(=O)c2cc(C)oc2C)(C2CSc3ccccc32)CC1. The van der Waals surface area contributed by atoms with Gasteiger partial charge in [0.2, 0.25) is 0 Å². The molecule has 0 radical (unpaired) electrons. The van der Waals surface area contributed by atoms with E-state index in [9.17, 15) is 9.59 Å². The lowest BCUT2D eigenvalue weighted by molar-refractivity contribution is 0.0294. The Hall–Kier alpha value is -2.41. The molecule has 6 nitrogen and oxygen atoms in total. The number of furan rings is 1. The number of aryl methyl sites for hydroxylation is 2.